The lowest BCUT2D eigenvalue weighted by Gasteiger charge is -2.24. The number of nitrogens with zero attached hydrogens (tertiary/aromatic N) is 2. The molecule has 0 radical (unpaired) electrons. The molecular formula is C9H15N3OS2. The third kappa shape index (κ3) is 2.49. The van der Waals surface area contributed by atoms with Gasteiger partial charge in [0, 0.05) is 16.8 Å². The van der Waals surface area contributed by atoms with Crippen molar-refractivity contribution in [2.75, 3.05) is 11.5 Å². The summed E-state index contributed by atoms with van der Waals surface area (Å²) in [6, 6.07) is -0.178. The zero-order chi connectivity index (χ0) is 10.8. The van der Waals surface area contributed by atoms with Crippen molar-refractivity contribution in [2.45, 2.75) is 30.4 Å². The Balaban J connectivity index is 2.13. The average Bonchev–Trinajstić information content (AvgIpc) is 2.67. The predicted molar refractivity (Wildman–Crippen MR) is 64.0 cm³/mol. The third-order valence-corrected chi connectivity index (χ3v) is 5.38. The van der Waals surface area contributed by atoms with Crippen LogP contribution in [0.4, 0.5) is 0 Å². The predicted octanol–water partition coefficient (Wildman–Crippen LogP) is 2.00. The van der Waals surface area contributed by atoms with Crippen LogP contribution in [0.5, 0.6) is 0 Å². The van der Waals surface area contributed by atoms with Crippen LogP contribution in [0.2, 0.25) is 0 Å². The van der Waals surface area contributed by atoms with E-state index in [1.54, 1.807) is 0 Å². The first kappa shape index (κ1) is 11.3. The van der Waals surface area contributed by atoms with Gasteiger partial charge in [-0.2, -0.15) is 16.7 Å². The maximum absolute atomic E-state index is 5.68. The molecule has 4 nitrogen and oxygen atoms in total. The summed E-state index contributed by atoms with van der Waals surface area (Å²) in [5.74, 6) is 3.70. The Morgan fingerprint density at radius 3 is 2.80 bits per heavy atom. The largest absolute Gasteiger partial charge is 0.338 e. The Hall–Kier alpha value is -0.200. The smallest absolute Gasteiger partial charge is 0.243 e. The van der Waals surface area contributed by atoms with E-state index in [1.165, 1.54) is 5.75 Å². The van der Waals surface area contributed by atoms with E-state index in [2.05, 4.69) is 17.1 Å². The molecular weight excluding hydrogens is 230 g/mol. The minimum atomic E-state index is -0.178. The van der Waals surface area contributed by atoms with Gasteiger partial charge in [0.05, 0.1) is 11.3 Å². The van der Waals surface area contributed by atoms with E-state index in [9.17, 15) is 0 Å². The first-order chi connectivity index (χ1) is 7.18. The zero-order valence-corrected chi connectivity index (χ0v) is 10.5. The maximum Gasteiger partial charge on any atom is 0.243 e. The Kier molecular flexibility index (Phi) is 3.58. The van der Waals surface area contributed by atoms with E-state index in [4.69, 9.17) is 10.3 Å². The number of hydrogen-bond donors (Lipinski definition) is 1. The van der Waals surface area contributed by atoms with Crippen molar-refractivity contribution >= 4 is 23.5 Å². The van der Waals surface area contributed by atoms with Crippen molar-refractivity contribution in [3.05, 3.63) is 11.7 Å². The van der Waals surface area contributed by atoms with Crippen molar-refractivity contribution in [1.82, 2.24) is 10.1 Å². The molecule has 84 valence electrons. The topological polar surface area (TPSA) is 64.9 Å². The van der Waals surface area contributed by atoms with Gasteiger partial charge in [-0.05, 0) is 6.92 Å². The minimum absolute atomic E-state index is 0.178. The monoisotopic (exact) mass is 245 g/mol. The highest BCUT2D eigenvalue weighted by Gasteiger charge is 2.28. The second-order valence-electron chi connectivity index (χ2n) is 3.65. The van der Waals surface area contributed by atoms with Gasteiger partial charge in [0.2, 0.25) is 5.89 Å². The van der Waals surface area contributed by atoms with E-state index < -0.39 is 0 Å². The van der Waals surface area contributed by atoms with Crippen LogP contribution in [0.3, 0.4) is 0 Å². The molecule has 0 aromatic carbocycles. The highest BCUT2D eigenvalue weighted by Crippen LogP contribution is 2.41. The minimum Gasteiger partial charge on any atom is -0.338 e. The van der Waals surface area contributed by atoms with Gasteiger partial charge < -0.3 is 10.3 Å². The Morgan fingerprint density at radius 1 is 1.47 bits per heavy atom. The molecule has 2 heterocycles. The molecule has 0 amide bonds. The summed E-state index contributed by atoms with van der Waals surface area (Å²) in [6.07, 6.45) is 0. The molecule has 3 atom stereocenters. The number of aromatic nitrogens is 2. The molecule has 15 heavy (non-hydrogen) atoms. The molecule has 1 fully saturated rings. The molecule has 1 aliphatic heterocycles. The van der Waals surface area contributed by atoms with E-state index in [-0.39, 0.29) is 6.04 Å². The summed E-state index contributed by atoms with van der Waals surface area (Å²) in [5, 5.41) is 4.90. The molecule has 0 aliphatic carbocycles. The van der Waals surface area contributed by atoms with Gasteiger partial charge in [-0.3, -0.25) is 0 Å². The zero-order valence-electron chi connectivity index (χ0n) is 8.84. The SMILES string of the molecule is CC(N)c1nc(C2SCCSC2C)no1. The first-order valence-corrected chi connectivity index (χ1v) is 7.10. The van der Waals surface area contributed by atoms with Gasteiger partial charge in [0.25, 0.3) is 0 Å². The normalized spacial score (nSPS) is 29.0. The van der Waals surface area contributed by atoms with Crippen LogP contribution in [0.15, 0.2) is 4.52 Å². The molecule has 0 spiro atoms. The lowest BCUT2D eigenvalue weighted by Crippen LogP contribution is -2.17. The average molecular weight is 245 g/mol. The molecule has 2 N–H and O–H groups in total. The maximum atomic E-state index is 5.68. The van der Waals surface area contributed by atoms with Crippen molar-refractivity contribution in [3.8, 4) is 0 Å². The van der Waals surface area contributed by atoms with Crippen LogP contribution in [0, 0.1) is 0 Å². The fraction of sp³-hybridized carbons (Fsp3) is 0.778. The molecule has 0 saturated carbocycles. The number of nitrogens with two attached hydrogens (primary N) is 1. The van der Waals surface area contributed by atoms with E-state index in [0.29, 0.717) is 16.4 Å². The fourth-order valence-corrected chi connectivity index (χ4v) is 4.14. The summed E-state index contributed by atoms with van der Waals surface area (Å²) in [7, 11) is 0. The second-order valence-corrected chi connectivity index (χ2v) is 6.38. The molecule has 3 unspecified atom stereocenters. The van der Waals surface area contributed by atoms with Crippen molar-refractivity contribution in [3.63, 3.8) is 0 Å². The van der Waals surface area contributed by atoms with Crippen molar-refractivity contribution in [1.29, 1.82) is 0 Å². The van der Waals surface area contributed by atoms with Gasteiger partial charge in [0.15, 0.2) is 5.82 Å². The summed E-state index contributed by atoms with van der Waals surface area (Å²) >= 11 is 3.87. The molecule has 6 heteroatoms. The lowest BCUT2D eigenvalue weighted by molar-refractivity contribution is 0.357. The summed E-state index contributed by atoms with van der Waals surface area (Å²) < 4.78 is 5.12. The van der Waals surface area contributed by atoms with Gasteiger partial charge in [0.1, 0.15) is 0 Å². The standard InChI is InChI=1S/C9H15N3OS2/c1-5(10)9-11-8(12-13-9)7-6(2)14-3-4-15-7/h5-7H,3-4,10H2,1-2H3. The number of rotatable bonds is 2. The molecule has 1 aliphatic rings. The van der Waals surface area contributed by atoms with Crippen LogP contribution < -0.4 is 5.73 Å². The third-order valence-electron chi connectivity index (χ3n) is 2.29. The molecule has 1 aromatic heterocycles. The summed E-state index contributed by atoms with van der Waals surface area (Å²) in [5.41, 5.74) is 5.68. The summed E-state index contributed by atoms with van der Waals surface area (Å²) in [4.78, 5) is 4.35. The Morgan fingerprint density at radius 2 is 2.20 bits per heavy atom. The van der Waals surface area contributed by atoms with E-state index in [0.717, 1.165) is 11.6 Å². The second kappa shape index (κ2) is 4.76. The van der Waals surface area contributed by atoms with Gasteiger partial charge >= 0.3 is 0 Å². The highest BCUT2D eigenvalue weighted by molar-refractivity contribution is 8.06. The van der Waals surface area contributed by atoms with Crippen LogP contribution in [-0.4, -0.2) is 26.9 Å². The number of hydrogen-bond acceptors (Lipinski definition) is 6. The quantitative estimate of drug-likeness (QED) is 0.859. The van der Waals surface area contributed by atoms with Crippen molar-refractivity contribution in [2.24, 2.45) is 5.73 Å². The molecule has 2 rings (SSSR count). The van der Waals surface area contributed by atoms with Crippen LogP contribution in [-0.2, 0) is 0 Å². The van der Waals surface area contributed by atoms with Crippen LogP contribution >= 0.6 is 23.5 Å². The lowest BCUT2D eigenvalue weighted by atomic mass is 10.3. The molecule has 0 bridgehead atoms. The fourth-order valence-electron chi connectivity index (χ4n) is 1.46. The van der Waals surface area contributed by atoms with Crippen LogP contribution in [0.25, 0.3) is 0 Å². The first-order valence-electron chi connectivity index (χ1n) is 5.00. The van der Waals surface area contributed by atoms with Crippen molar-refractivity contribution < 1.29 is 4.52 Å². The Bertz CT molecular complexity index is 329. The van der Waals surface area contributed by atoms with Gasteiger partial charge in [-0.15, -0.1) is 11.8 Å². The number of thioether (sulfide) groups is 2. The van der Waals surface area contributed by atoms with Crippen LogP contribution in [0.1, 0.15) is 36.9 Å². The van der Waals surface area contributed by atoms with Gasteiger partial charge in [-0.25, -0.2) is 0 Å². The highest BCUT2D eigenvalue weighted by atomic mass is 32.2. The summed E-state index contributed by atoms with van der Waals surface area (Å²) in [6.45, 7) is 4.06. The molecule has 1 aromatic rings. The van der Waals surface area contributed by atoms with E-state index in [1.807, 2.05) is 30.4 Å². The molecule has 1 saturated heterocycles. The van der Waals surface area contributed by atoms with E-state index >= 15 is 0 Å². The Labute approximate surface area is 97.8 Å². The van der Waals surface area contributed by atoms with Gasteiger partial charge in [-0.1, -0.05) is 12.1 Å².